The Labute approximate surface area is 377 Å². The molecule has 1 saturated carbocycles. The summed E-state index contributed by atoms with van der Waals surface area (Å²) in [6.45, 7) is 2.73. The number of nitrogens with zero attached hydrogens (tertiary/aromatic N) is 5. The monoisotopic (exact) mass is 933 g/mol. The minimum Gasteiger partial charge on any atom is -0.453 e. The number of hydrogen-bond acceptors (Lipinski definition) is 9. The molecular formula is C46H60F5N7O6S. The van der Waals surface area contributed by atoms with Crippen LogP contribution >= 0.6 is 0 Å². The molecule has 356 valence electrons. The van der Waals surface area contributed by atoms with E-state index in [4.69, 9.17) is 4.74 Å². The maximum atomic E-state index is 16.4. The van der Waals surface area contributed by atoms with Crippen LogP contribution < -0.4 is 15.5 Å². The maximum absolute atomic E-state index is 16.4. The number of carbonyl (C=O) groups excluding carboxylic acids is 3. The SMILES string of the molecule is COC(=O)N[C@H]1CCC[C@@H]1C(CN1CCC1)(c1cccc(F)c1)C1CCN(CC2(F)CN(c3ccc(S(=O)(=O)[C@@H]4CCCN(C(=O)NC/C=C/C(=O)N5CC(F)(F)C5)C4)cc3F)C2)CC1. The van der Waals surface area contributed by atoms with Crippen molar-refractivity contribution in [1.29, 1.82) is 0 Å². The number of sulfone groups is 1. The van der Waals surface area contributed by atoms with Crippen LogP contribution in [0.25, 0.3) is 0 Å². The summed E-state index contributed by atoms with van der Waals surface area (Å²) in [5.41, 5.74) is -1.03. The highest BCUT2D eigenvalue weighted by molar-refractivity contribution is 7.92. The molecule has 4 amide bonds. The molecule has 2 N–H and O–H groups in total. The molecule has 0 aromatic heterocycles. The summed E-state index contributed by atoms with van der Waals surface area (Å²) in [4.78, 5) is 45.6. The molecule has 2 aromatic carbocycles. The van der Waals surface area contributed by atoms with E-state index in [1.807, 2.05) is 6.07 Å². The maximum Gasteiger partial charge on any atom is 0.407 e. The third-order valence-electron chi connectivity index (χ3n) is 14.7. The van der Waals surface area contributed by atoms with Gasteiger partial charge in [-0.1, -0.05) is 24.6 Å². The normalized spacial score (nSPS) is 25.9. The number of halogens is 5. The molecule has 0 spiro atoms. The van der Waals surface area contributed by atoms with Gasteiger partial charge in [0.25, 0.3) is 5.92 Å². The first kappa shape index (κ1) is 47.0. The molecule has 0 bridgehead atoms. The Bertz CT molecular complexity index is 2210. The lowest BCUT2D eigenvalue weighted by atomic mass is 9.57. The van der Waals surface area contributed by atoms with Gasteiger partial charge >= 0.3 is 12.1 Å². The number of benzene rings is 2. The number of urea groups is 1. The van der Waals surface area contributed by atoms with E-state index < -0.39 is 69.0 Å². The smallest absolute Gasteiger partial charge is 0.407 e. The Morgan fingerprint density at radius 1 is 0.862 bits per heavy atom. The summed E-state index contributed by atoms with van der Waals surface area (Å²) in [5, 5.41) is 4.70. The van der Waals surface area contributed by atoms with Gasteiger partial charge in [0, 0.05) is 50.3 Å². The van der Waals surface area contributed by atoms with Gasteiger partial charge in [-0.05, 0) is 119 Å². The van der Waals surface area contributed by atoms with Crippen molar-refractivity contribution in [1.82, 2.24) is 30.2 Å². The minimum atomic E-state index is -4.06. The van der Waals surface area contributed by atoms with Gasteiger partial charge in [0.1, 0.15) is 11.6 Å². The fraction of sp³-hybridized carbons (Fsp3) is 0.630. The van der Waals surface area contributed by atoms with E-state index in [0.29, 0.717) is 26.1 Å². The largest absolute Gasteiger partial charge is 0.453 e. The molecule has 5 heterocycles. The average molecular weight is 934 g/mol. The number of alkyl carbamates (subject to hydrolysis) is 1. The summed E-state index contributed by atoms with van der Waals surface area (Å²) >= 11 is 0. The number of ether oxygens (including phenoxy) is 1. The minimum absolute atomic E-state index is 0.0486. The fourth-order valence-electron chi connectivity index (χ4n) is 11.3. The first-order valence-corrected chi connectivity index (χ1v) is 24.4. The number of alkyl halides is 3. The second-order valence-electron chi connectivity index (χ2n) is 19.0. The number of piperidine rings is 2. The van der Waals surface area contributed by atoms with E-state index in [0.717, 1.165) is 80.8 Å². The van der Waals surface area contributed by atoms with Crippen molar-refractivity contribution in [2.24, 2.45) is 11.8 Å². The van der Waals surface area contributed by atoms with Crippen molar-refractivity contribution in [3.8, 4) is 0 Å². The molecule has 13 nitrogen and oxygen atoms in total. The Hall–Kier alpha value is -4.49. The van der Waals surface area contributed by atoms with Crippen LogP contribution in [0.2, 0.25) is 0 Å². The van der Waals surface area contributed by atoms with Crippen molar-refractivity contribution in [2.45, 2.75) is 84.6 Å². The number of likely N-dealkylation sites (tertiary alicyclic amines) is 4. The highest BCUT2D eigenvalue weighted by Crippen LogP contribution is 2.52. The third-order valence-corrected chi connectivity index (χ3v) is 16.9. The molecule has 2 aromatic rings. The van der Waals surface area contributed by atoms with Crippen LogP contribution in [0.15, 0.2) is 59.5 Å². The molecule has 1 unspecified atom stereocenters. The number of nitrogens with one attached hydrogen (secondary N) is 2. The molecular weight excluding hydrogens is 874 g/mol. The summed E-state index contributed by atoms with van der Waals surface area (Å²) in [7, 11) is -2.71. The Balaban J connectivity index is 0.861. The van der Waals surface area contributed by atoms with Crippen LogP contribution in [0.1, 0.15) is 56.9 Å². The lowest BCUT2D eigenvalue weighted by Gasteiger charge is -2.54. The predicted octanol–water partition coefficient (Wildman–Crippen LogP) is 5.35. The molecule has 5 saturated heterocycles. The third kappa shape index (κ3) is 10.1. The number of amides is 4. The number of anilines is 1. The van der Waals surface area contributed by atoms with Gasteiger partial charge in [-0.15, -0.1) is 0 Å². The molecule has 6 aliphatic rings. The van der Waals surface area contributed by atoms with E-state index in [-0.39, 0.29) is 73.4 Å². The van der Waals surface area contributed by atoms with Crippen molar-refractivity contribution >= 4 is 33.6 Å². The first-order chi connectivity index (χ1) is 31.0. The van der Waals surface area contributed by atoms with Crippen LogP contribution in [-0.2, 0) is 24.8 Å². The van der Waals surface area contributed by atoms with Crippen LogP contribution in [0.4, 0.5) is 37.2 Å². The summed E-state index contributed by atoms with van der Waals surface area (Å²) in [6.07, 6.45) is 7.84. The molecule has 0 radical (unpaired) electrons. The zero-order valence-electron chi connectivity index (χ0n) is 36.8. The number of carbonyl (C=O) groups is 3. The zero-order valence-corrected chi connectivity index (χ0v) is 37.7. The van der Waals surface area contributed by atoms with Gasteiger partial charge < -0.3 is 35.0 Å². The average Bonchev–Trinajstić information content (AvgIpc) is 3.71. The molecule has 1 aliphatic carbocycles. The van der Waals surface area contributed by atoms with E-state index >= 15 is 13.2 Å². The lowest BCUT2D eigenvalue weighted by molar-refractivity contribution is -0.160. The highest BCUT2D eigenvalue weighted by Gasteiger charge is 2.54. The summed E-state index contributed by atoms with van der Waals surface area (Å²) < 4.78 is 106. The van der Waals surface area contributed by atoms with Gasteiger partial charge in [0.15, 0.2) is 15.5 Å². The topological polar surface area (TPSA) is 135 Å². The van der Waals surface area contributed by atoms with Crippen LogP contribution in [0.3, 0.4) is 0 Å². The molecule has 4 atom stereocenters. The van der Waals surface area contributed by atoms with E-state index in [2.05, 4.69) is 20.4 Å². The van der Waals surface area contributed by atoms with Crippen molar-refractivity contribution in [2.75, 3.05) is 97.1 Å². The quantitative estimate of drug-likeness (QED) is 0.190. The van der Waals surface area contributed by atoms with E-state index in [9.17, 15) is 31.6 Å². The van der Waals surface area contributed by atoms with Crippen molar-refractivity contribution < 1.29 is 49.5 Å². The van der Waals surface area contributed by atoms with Gasteiger partial charge in [0.2, 0.25) is 5.91 Å². The van der Waals surface area contributed by atoms with Gasteiger partial charge in [-0.2, -0.15) is 0 Å². The Morgan fingerprint density at radius 3 is 2.28 bits per heavy atom. The second-order valence-corrected chi connectivity index (χ2v) is 21.3. The molecule has 5 aliphatic heterocycles. The second kappa shape index (κ2) is 19.0. The van der Waals surface area contributed by atoms with Crippen molar-refractivity contribution in [3.05, 3.63) is 71.8 Å². The Kier molecular flexibility index (Phi) is 13.8. The molecule has 8 rings (SSSR count). The number of hydrogen-bond donors (Lipinski definition) is 2. The van der Waals surface area contributed by atoms with Crippen LogP contribution in [0.5, 0.6) is 0 Å². The van der Waals surface area contributed by atoms with Gasteiger partial charge in [0.05, 0.1) is 49.1 Å². The molecule has 19 heteroatoms. The first-order valence-electron chi connectivity index (χ1n) is 22.9. The number of rotatable bonds is 14. The van der Waals surface area contributed by atoms with Crippen LogP contribution in [-0.4, -0.2) is 161 Å². The molecule has 6 fully saturated rings. The van der Waals surface area contributed by atoms with Crippen LogP contribution in [0, 0.1) is 23.5 Å². The fourth-order valence-corrected chi connectivity index (χ4v) is 13.1. The Morgan fingerprint density at radius 2 is 1.62 bits per heavy atom. The van der Waals surface area contributed by atoms with Gasteiger partial charge in [-0.25, -0.2) is 40.0 Å². The number of methoxy groups -OCH3 is 1. The summed E-state index contributed by atoms with van der Waals surface area (Å²) in [5.74, 6) is -4.38. The molecule has 65 heavy (non-hydrogen) atoms. The van der Waals surface area contributed by atoms with E-state index in [1.165, 1.54) is 36.3 Å². The lowest BCUT2D eigenvalue weighted by Crippen LogP contribution is -2.65. The zero-order chi connectivity index (χ0) is 46.1. The van der Waals surface area contributed by atoms with Crippen molar-refractivity contribution in [3.63, 3.8) is 0 Å². The standard InChI is InChI=1S/C46H60F5N7O6S/c1-64-43(61)53-39-11-3-10-37(39)46(31-54-18-6-19-54,33-7-2-8-34(47)23-33)32-15-21-55(22-16-32)26-44(49)27-57(28-44)40-14-13-35(24-38(40)48)65(62,63)36-9-5-20-56(25-36)42(60)52-17-4-12-41(59)58-29-45(50,51)30-58/h2,4,7-8,12-14,23-24,32,36-37,39H,3,5-6,9-11,15-22,25-31H2,1H3,(H,52,60)(H,53,61)/b12-4+/t36-,37+,39+,46?/m1/s1. The van der Waals surface area contributed by atoms with E-state index in [1.54, 1.807) is 17.0 Å². The van der Waals surface area contributed by atoms with Gasteiger partial charge in [-0.3, -0.25) is 9.69 Å². The summed E-state index contributed by atoms with van der Waals surface area (Å²) in [6, 6.07) is 9.88. The highest BCUT2D eigenvalue weighted by atomic mass is 32.2. The predicted molar refractivity (Wildman–Crippen MR) is 233 cm³/mol.